The number of hydrogen-bond acceptors (Lipinski definition) is 4. The number of benzene rings is 2. The maximum absolute atomic E-state index is 13.3. The number of carbonyl (C=O) groups excluding carboxylic acids is 2. The highest BCUT2D eigenvalue weighted by Crippen LogP contribution is 2.34. The highest BCUT2D eigenvalue weighted by Gasteiger charge is 2.29. The molecule has 3 N–H and O–H groups in total. The number of aryl methyl sites for hydroxylation is 1. The van der Waals surface area contributed by atoms with Gasteiger partial charge in [-0.15, -0.1) is 0 Å². The third-order valence-electron chi connectivity index (χ3n) is 4.57. The first-order valence-electron chi connectivity index (χ1n) is 8.95. The van der Waals surface area contributed by atoms with Crippen molar-refractivity contribution in [2.45, 2.75) is 19.3 Å². The van der Waals surface area contributed by atoms with Crippen LogP contribution in [0.3, 0.4) is 0 Å². The van der Waals surface area contributed by atoms with Crippen molar-refractivity contribution in [3.05, 3.63) is 70.1 Å². The van der Waals surface area contributed by atoms with E-state index < -0.39 is 30.2 Å². The Balaban J connectivity index is 1.86. The van der Waals surface area contributed by atoms with Gasteiger partial charge in [0.05, 0.1) is 5.02 Å². The number of rotatable bonds is 6. The van der Waals surface area contributed by atoms with Gasteiger partial charge in [-0.25, -0.2) is 9.18 Å². The average molecular weight is 433 g/mol. The predicted octanol–water partition coefficient (Wildman–Crippen LogP) is 3.38. The van der Waals surface area contributed by atoms with Crippen molar-refractivity contribution >= 4 is 35.1 Å². The van der Waals surface area contributed by atoms with E-state index in [0.29, 0.717) is 22.4 Å². The lowest BCUT2D eigenvalue weighted by Crippen LogP contribution is -2.32. The Morgan fingerprint density at radius 2 is 2.00 bits per heavy atom. The van der Waals surface area contributed by atoms with E-state index in [9.17, 15) is 18.8 Å². The van der Waals surface area contributed by atoms with Gasteiger partial charge in [-0.05, 0) is 36.2 Å². The number of carbonyl (C=O) groups is 3. The van der Waals surface area contributed by atoms with Gasteiger partial charge in [0.15, 0.2) is 6.61 Å². The molecular formula is C21H18ClFN2O5. The first-order chi connectivity index (χ1) is 14.2. The minimum absolute atomic E-state index is 0.0391. The average Bonchev–Trinajstić information content (AvgIpc) is 2.69. The van der Waals surface area contributed by atoms with Crippen LogP contribution in [0.15, 0.2) is 48.2 Å². The van der Waals surface area contributed by atoms with Crippen LogP contribution < -0.4 is 15.4 Å². The van der Waals surface area contributed by atoms with Gasteiger partial charge in [0.2, 0.25) is 5.91 Å². The maximum Gasteiger partial charge on any atom is 0.341 e. The molecule has 2 amide bonds. The SMILES string of the molecule is Cc1cc(Cl)c(OCC(=O)O)cc1NC(=O)C1=CNC(=O)C[C@H]1c1ccc(F)cc1. The molecule has 0 saturated heterocycles. The highest BCUT2D eigenvalue weighted by atomic mass is 35.5. The molecule has 0 aliphatic carbocycles. The quantitative estimate of drug-likeness (QED) is 0.649. The van der Waals surface area contributed by atoms with E-state index in [-0.39, 0.29) is 23.1 Å². The fourth-order valence-electron chi connectivity index (χ4n) is 3.06. The van der Waals surface area contributed by atoms with E-state index in [1.54, 1.807) is 13.0 Å². The zero-order chi connectivity index (χ0) is 21.8. The van der Waals surface area contributed by atoms with Crippen molar-refractivity contribution in [2.75, 3.05) is 11.9 Å². The Labute approximate surface area is 176 Å². The summed E-state index contributed by atoms with van der Waals surface area (Å²) in [6.07, 6.45) is 1.37. The van der Waals surface area contributed by atoms with E-state index in [1.807, 2.05) is 0 Å². The highest BCUT2D eigenvalue weighted by molar-refractivity contribution is 6.32. The van der Waals surface area contributed by atoms with Crippen LogP contribution in [0.2, 0.25) is 5.02 Å². The van der Waals surface area contributed by atoms with Crippen LogP contribution in [-0.2, 0) is 14.4 Å². The molecule has 1 aliphatic heterocycles. The summed E-state index contributed by atoms with van der Waals surface area (Å²) in [6.45, 7) is 1.14. The molecular weight excluding hydrogens is 415 g/mol. The molecule has 0 aromatic heterocycles. The van der Waals surface area contributed by atoms with Crippen molar-refractivity contribution in [3.63, 3.8) is 0 Å². The van der Waals surface area contributed by atoms with Gasteiger partial charge < -0.3 is 20.5 Å². The van der Waals surface area contributed by atoms with Crippen LogP contribution in [0.1, 0.15) is 23.5 Å². The first-order valence-corrected chi connectivity index (χ1v) is 9.33. The summed E-state index contributed by atoms with van der Waals surface area (Å²) in [7, 11) is 0. The van der Waals surface area contributed by atoms with Crippen LogP contribution in [0.4, 0.5) is 10.1 Å². The molecule has 3 rings (SSSR count). The molecule has 1 atom stereocenters. The number of amides is 2. The van der Waals surface area contributed by atoms with Crippen molar-refractivity contribution in [1.82, 2.24) is 5.32 Å². The fourth-order valence-corrected chi connectivity index (χ4v) is 3.33. The monoisotopic (exact) mass is 432 g/mol. The zero-order valence-electron chi connectivity index (χ0n) is 15.9. The third kappa shape index (κ3) is 4.96. The van der Waals surface area contributed by atoms with Crippen LogP contribution in [0.25, 0.3) is 0 Å². The second-order valence-corrected chi connectivity index (χ2v) is 7.12. The predicted molar refractivity (Wildman–Crippen MR) is 108 cm³/mol. The number of anilines is 1. The number of carboxylic acid groups (broad SMARTS) is 1. The Morgan fingerprint density at radius 1 is 1.30 bits per heavy atom. The topological polar surface area (TPSA) is 105 Å². The Kier molecular flexibility index (Phi) is 6.37. The minimum Gasteiger partial charge on any atom is -0.480 e. The van der Waals surface area contributed by atoms with Crippen molar-refractivity contribution < 1.29 is 28.6 Å². The van der Waals surface area contributed by atoms with Gasteiger partial charge in [0.1, 0.15) is 11.6 Å². The number of hydrogen-bond donors (Lipinski definition) is 3. The third-order valence-corrected chi connectivity index (χ3v) is 4.86. The molecule has 2 aromatic carbocycles. The van der Waals surface area contributed by atoms with Crippen LogP contribution in [0.5, 0.6) is 5.75 Å². The molecule has 30 heavy (non-hydrogen) atoms. The van der Waals surface area contributed by atoms with Crippen LogP contribution in [0, 0.1) is 12.7 Å². The van der Waals surface area contributed by atoms with E-state index in [4.69, 9.17) is 21.4 Å². The van der Waals surface area contributed by atoms with Gasteiger partial charge in [-0.1, -0.05) is 23.7 Å². The summed E-state index contributed by atoms with van der Waals surface area (Å²) in [5.41, 5.74) is 1.93. The Morgan fingerprint density at radius 3 is 2.67 bits per heavy atom. The molecule has 9 heteroatoms. The molecule has 0 radical (unpaired) electrons. The second-order valence-electron chi connectivity index (χ2n) is 6.71. The lowest BCUT2D eigenvalue weighted by molar-refractivity contribution is -0.139. The number of carboxylic acids is 1. The van der Waals surface area contributed by atoms with E-state index in [0.717, 1.165) is 0 Å². The summed E-state index contributed by atoms with van der Waals surface area (Å²) >= 11 is 6.08. The minimum atomic E-state index is -1.16. The summed E-state index contributed by atoms with van der Waals surface area (Å²) in [4.78, 5) is 35.6. The number of aliphatic carboxylic acids is 1. The lowest BCUT2D eigenvalue weighted by atomic mass is 9.86. The molecule has 156 valence electrons. The molecule has 0 spiro atoms. The Bertz CT molecular complexity index is 1040. The van der Waals surface area contributed by atoms with Crippen LogP contribution >= 0.6 is 11.6 Å². The molecule has 1 aliphatic rings. The second kappa shape index (κ2) is 8.96. The molecule has 0 unspecified atom stereocenters. The molecule has 0 bridgehead atoms. The number of halogens is 2. The van der Waals surface area contributed by atoms with Gasteiger partial charge in [0.25, 0.3) is 5.91 Å². The lowest BCUT2D eigenvalue weighted by Gasteiger charge is -2.24. The molecule has 1 heterocycles. The first kappa shape index (κ1) is 21.3. The van der Waals surface area contributed by atoms with Crippen molar-refractivity contribution in [2.24, 2.45) is 0 Å². The van der Waals surface area contributed by atoms with Gasteiger partial charge in [-0.2, -0.15) is 0 Å². The number of nitrogens with one attached hydrogen (secondary N) is 2. The van der Waals surface area contributed by atoms with Crippen LogP contribution in [-0.4, -0.2) is 29.5 Å². The molecule has 2 aromatic rings. The zero-order valence-corrected chi connectivity index (χ0v) is 16.6. The number of ether oxygens (including phenoxy) is 1. The Hall–Kier alpha value is -3.39. The van der Waals surface area contributed by atoms with E-state index >= 15 is 0 Å². The summed E-state index contributed by atoms with van der Waals surface area (Å²) in [5.74, 6) is -2.75. The van der Waals surface area contributed by atoms with E-state index in [1.165, 1.54) is 36.5 Å². The summed E-state index contributed by atoms with van der Waals surface area (Å²) in [6, 6.07) is 8.59. The van der Waals surface area contributed by atoms with E-state index in [2.05, 4.69) is 10.6 Å². The summed E-state index contributed by atoms with van der Waals surface area (Å²) < 4.78 is 18.4. The molecule has 7 nitrogen and oxygen atoms in total. The fraction of sp³-hybridized carbons (Fsp3) is 0.190. The molecule has 0 fully saturated rings. The largest absolute Gasteiger partial charge is 0.480 e. The van der Waals surface area contributed by atoms with Crippen molar-refractivity contribution in [3.8, 4) is 5.75 Å². The smallest absolute Gasteiger partial charge is 0.341 e. The standard InChI is InChI=1S/C21H18ClFN2O5/c1-11-6-16(22)18(30-10-20(27)28)8-17(11)25-21(29)15-9-24-19(26)7-14(15)12-2-4-13(23)5-3-12/h2-6,8-9,14H,7,10H2,1H3,(H,24,26)(H,25,29)(H,27,28)/t14-/m0/s1. The molecule has 0 saturated carbocycles. The normalized spacial score (nSPS) is 15.8. The maximum atomic E-state index is 13.3. The van der Waals surface area contributed by atoms with Gasteiger partial charge in [0, 0.05) is 35.9 Å². The summed E-state index contributed by atoms with van der Waals surface area (Å²) in [5, 5.41) is 14.3. The van der Waals surface area contributed by atoms with Crippen molar-refractivity contribution in [1.29, 1.82) is 0 Å². The van der Waals surface area contributed by atoms with Gasteiger partial charge in [-0.3, -0.25) is 9.59 Å². The van der Waals surface area contributed by atoms with Gasteiger partial charge >= 0.3 is 5.97 Å².